The van der Waals surface area contributed by atoms with Gasteiger partial charge in [0.15, 0.2) is 0 Å². The van der Waals surface area contributed by atoms with E-state index in [-0.39, 0.29) is 0 Å². The molecule has 47 heavy (non-hydrogen) atoms. The first-order valence-electron chi connectivity index (χ1n) is 16.0. The van der Waals surface area contributed by atoms with Crippen molar-refractivity contribution >= 4 is 54.8 Å². The predicted molar refractivity (Wildman–Crippen MR) is 204 cm³/mol. The van der Waals surface area contributed by atoms with Gasteiger partial charge < -0.3 is 9.47 Å². The molecule has 0 amide bonds. The Balaban J connectivity index is 1.38. The molecule has 2 nitrogen and oxygen atoms in total. The van der Waals surface area contributed by atoms with Gasteiger partial charge in [-0.2, -0.15) is 0 Å². The highest BCUT2D eigenvalue weighted by atomic mass is 79.9. The monoisotopic (exact) mass is 668 g/mol. The molecular weight excluding hydrogens is 636 g/mol. The van der Waals surface area contributed by atoms with E-state index in [1.54, 1.807) is 0 Å². The summed E-state index contributed by atoms with van der Waals surface area (Å²) in [5.74, 6) is 0. The molecule has 0 saturated heterocycles. The fourth-order valence-corrected chi connectivity index (χ4v) is 7.37. The number of aromatic nitrogens is 1. The van der Waals surface area contributed by atoms with Crippen LogP contribution in [0.15, 0.2) is 168 Å². The van der Waals surface area contributed by atoms with Gasteiger partial charge in [0.25, 0.3) is 0 Å². The second kappa shape index (κ2) is 12.1. The fraction of sp³-hybridized carbons (Fsp3) is 0.0455. The summed E-state index contributed by atoms with van der Waals surface area (Å²) < 4.78 is 3.51. The highest BCUT2D eigenvalue weighted by Crippen LogP contribution is 2.42. The smallest absolute Gasteiger partial charge is 0.0561 e. The number of nitrogens with zero attached hydrogens (tertiary/aromatic N) is 2. The van der Waals surface area contributed by atoms with Crippen LogP contribution in [-0.2, 0) is 0 Å². The number of hydrogen-bond acceptors (Lipinski definition) is 1. The van der Waals surface area contributed by atoms with Crippen LogP contribution in [0.1, 0.15) is 11.1 Å². The molecule has 1 aromatic heterocycles. The van der Waals surface area contributed by atoms with Crippen LogP contribution in [0.2, 0.25) is 0 Å². The maximum absolute atomic E-state index is 3.77. The largest absolute Gasteiger partial charge is 0.310 e. The summed E-state index contributed by atoms with van der Waals surface area (Å²) in [4.78, 5) is 2.36. The Labute approximate surface area is 284 Å². The Morgan fingerprint density at radius 2 is 1.09 bits per heavy atom. The van der Waals surface area contributed by atoms with Gasteiger partial charge in [-0.15, -0.1) is 0 Å². The van der Waals surface area contributed by atoms with Crippen molar-refractivity contribution in [3.63, 3.8) is 0 Å². The van der Waals surface area contributed by atoms with Crippen molar-refractivity contribution in [2.75, 3.05) is 4.90 Å². The third-order valence-corrected chi connectivity index (χ3v) is 9.80. The zero-order valence-electron chi connectivity index (χ0n) is 26.4. The number of benzene rings is 7. The maximum atomic E-state index is 3.77. The van der Waals surface area contributed by atoms with Crippen molar-refractivity contribution < 1.29 is 0 Å². The molecule has 226 valence electrons. The number of aryl methyl sites for hydroxylation is 2. The van der Waals surface area contributed by atoms with E-state index in [1.807, 2.05) is 0 Å². The average Bonchev–Trinajstić information content (AvgIpc) is 3.42. The molecule has 7 aromatic carbocycles. The number of hydrogen-bond donors (Lipinski definition) is 0. The summed E-state index contributed by atoms with van der Waals surface area (Å²) in [5.41, 5.74) is 14.3. The van der Waals surface area contributed by atoms with Gasteiger partial charge in [0.1, 0.15) is 0 Å². The Hall–Kier alpha value is -5.38. The van der Waals surface area contributed by atoms with Gasteiger partial charge in [0, 0.05) is 38.0 Å². The summed E-state index contributed by atoms with van der Waals surface area (Å²) in [6.07, 6.45) is 0. The Morgan fingerprint density at radius 1 is 0.447 bits per heavy atom. The third kappa shape index (κ3) is 5.23. The molecular formula is C44H33BrN2. The highest BCUT2D eigenvalue weighted by molar-refractivity contribution is 9.10. The number of halogens is 1. The van der Waals surface area contributed by atoms with Crippen LogP contribution in [0.5, 0.6) is 0 Å². The fourth-order valence-electron chi connectivity index (χ4n) is 6.85. The molecule has 0 N–H and O–H groups in total. The minimum atomic E-state index is 1.08. The van der Waals surface area contributed by atoms with Crippen LogP contribution in [0.3, 0.4) is 0 Å². The molecule has 0 spiro atoms. The quantitative estimate of drug-likeness (QED) is 0.171. The molecule has 1 heterocycles. The van der Waals surface area contributed by atoms with Crippen molar-refractivity contribution in [1.29, 1.82) is 0 Å². The molecule has 0 fully saturated rings. The van der Waals surface area contributed by atoms with Crippen LogP contribution in [0, 0.1) is 13.8 Å². The SMILES string of the molecule is Cc1ccccc1-c1cc2c(cc1C)c1ccc(N(c3ccccc3)c3cccc(-c4ccccc4Br)c3)cc1n2-c1ccccc1. The molecule has 0 aliphatic heterocycles. The maximum Gasteiger partial charge on any atom is 0.0561 e. The van der Waals surface area contributed by atoms with E-state index in [2.05, 4.69) is 203 Å². The molecule has 0 aliphatic rings. The first kappa shape index (κ1) is 29.1. The van der Waals surface area contributed by atoms with Gasteiger partial charge in [0.05, 0.1) is 11.0 Å². The Bertz CT molecular complexity index is 2390. The molecule has 8 aromatic rings. The number of rotatable bonds is 6. The van der Waals surface area contributed by atoms with Gasteiger partial charge in [0.2, 0.25) is 0 Å². The molecule has 0 bridgehead atoms. The molecule has 0 aliphatic carbocycles. The lowest BCUT2D eigenvalue weighted by Crippen LogP contribution is -2.10. The van der Waals surface area contributed by atoms with Crippen LogP contribution in [0.25, 0.3) is 49.7 Å². The van der Waals surface area contributed by atoms with E-state index in [4.69, 9.17) is 0 Å². The first-order valence-corrected chi connectivity index (χ1v) is 16.8. The lowest BCUT2D eigenvalue weighted by Gasteiger charge is -2.26. The summed E-state index contributed by atoms with van der Waals surface area (Å²) >= 11 is 3.77. The number of fused-ring (bicyclic) bond motifs is 3. The normalized spacial score (nSPS) is 11.3. The zero-order chi connectivity index (χ0) is 31.9. The van der Waals surface area contributed by atoms with Crippen LogP contribution < -0.4 is 4.90 Å². The van der Waals surface area contributed by atoms with Crippen molar-refractivity contribution in [3.8, 4) is 27.9 Å². The molecule has 0 unspecified atom stereocenters. The third-order valence-electron chi connectivity index (χ3n) is 9.11. The summed E-state index contributed by atoms with van der Waals surface area (Å²) in [7, 11) is 0. The van der Waals surface area contributed by atoms with Crippen molar-refractivity contribution in [3.05, 3.63) is 179 Å². The van der Waals surface area contributed by atoms with Gasteiger partial charge in [-0.1, -0.05) is 113 Å². The van der Waals surface area contributed by atoms with E-state index in [0.29, 0.717) is 0 Å². The zero-order valence-corrected chi connectivity index (χ0v) is 27.9. The highest BCUT2D eigenvalue weighted by Gasteiger charge is 2.19. The van der Waals surface area contributed by atoms with E-state index in [9.17, 15) is 0 Å². The molecule has 8 rings (SSSR count). The van der Waals surface area contributed by atoms with E-state index >= 15 is 0 Å². The summed E-state index contributed by atoms with van der Waals surface area (Å²) in [5, 5.41) is 2.49. The van der Waals surface area contributed by atoms with Gasteiger partial charge >= 0.3 is 0 Å². The lowest BCUT2D eigenvalue weighted by atomic mass is 9.95. The second-order valence-electron chi connectivity index (χ2n) is 12.1. The summed E-state index contributed by atoms with van der Waals surface area (Å²) in [6, 6.07) is 58.9. The van der Waals surface area contributed by atoms with Crippen molar-refractivity contribution in [2.45, 2.75) is 13.8 Å². The molecule has 0 radical (unpaired) electrons. The van der Waals surface area contributed by atoms with Gasteiger partial charge in [-0.05, 0) is 114 Å². The molecule has 3 heteroatoms. The van der Waals surface area contributed by atoms with Crippen LogP contribution in [-0.4, -0.2) is 4.57 Å². The standard InChI is InChI=1S/C44H33BrN2/c1-30-14-9-10-21-37(30)40-29-44-41(26-31(40)2)39-25-24-36(28-43(39)47(44)34-18-7-4-8-19-34)46(33-16-5-3-6-17-33)35-20-13-15-32(27-35)38-22-11-12-23-42(38)45/h3-29H,1-2H3. The minimum absolute atomic E-state index is 1.08. The van der Waals surface area contributed by atoms with E-state index < -0.39 is 0 Å². The Morgan fingerprint density at radius 3 is 1.85 bits per heavy atom. The first-order chi connectivity index (χ1) is 23.1. The summed E-state index contributed by atoms with van der Waals surface area (Å²) in [6.45, 7) is 4.43. The van der Waals surface area contributed by atoms with Crippen molar-refractivity contribution in [1.82, 2.24) is 4.57 Å². The van der Waals surface area contributed by atoms with Crippen LogP contribution >= 0.6 is 15.9 Å². The minimum Gasteiger partial charge on any atom is -0.310 e. The number of anilines is 3. The average molecular weight is 670 g/mol. The van der Waals surface area contributed by atoms with E-state index in [0.717, 1.165) is 32.8 Å². The van der Waals surface area contributed by atoms with Gasteiger partial charge in [-0.3, -0.25) is 0 Å². The predicted octanol–water partition coefficient (Wildman–Crippen LogP) is 13.0. The van der Waals surface area contributed by atoms with Crippen molar-refractivity contribution in [2.24, 2.45) is 0 Å². The topological polar surface area (TPSA) is 8.17 Å². The lowest BCUT2D eigenvalue weighted by molar-refractivity contribution is 1.18. The molecule has 0 atom stereocenters. The van der Waals surface area contributed by atoms with Crippen LogP contribution in [0.4, 0.5) is 17.1 Å². The number of para-hydroxylation sites is 2. The second-order valence-corrected chi connectivity index (χ2v) is 12.9. The van der Waals surface area contributed by atoms with Gasteiger partial charge in [-0.25, -0.2) is 0 Å². The molecule has 0 saturated carbocycles. The van der Waals surface area contributed by atoms with E-state index in [1.165, 1.54) is 49.6 Å². The Kier molecular flexibility index (Phi) is 7.47.